The van der Waals surface area contributed by atoms with Crippen LogP contribution in [0.15, 0.2) is 22.9 Å². The Kier molecular flexibility index (Phi) is 2.85. The fraction of sp³-hybridized carbons (Fsp3) is 0.375. The second-order valence-electron chi connectivity index (χ2n) is 2.99. The highest BCUT2D eigenvalue weighted by atomic mass is 32.3. The number of hydrogen-bond acceptors (Lipinski definition) is 5. The molecule has 0 amide bonds. The van der Waals surface area contributed by atoms with Crippen LogP contribution in [0.1, 0.15) is 12.1 Å². The lowest BCUT2D eigenvalue weighted by atomic mass is 10.3. The molecule has 2 rings (SSSR count). The largest absolute Gasteiger partial charge is 0.364 e. The summed E-state index contributed by atoms with van der Waals surface area (Å²) < 4.78 is 29.6. The second kappa shape index (κ2) is 3.99. The molecule has 1 unspecified atom stereocenters. The molecule has 7 heteroatoms. The van der Waals surface area contributed by atoms with E-state index in [0.717, 1.165) is 4.91 Å². The predicted molar refractivity (Wildman–Crippen MR) is 58.5 cm³/mol. The Morgan fingerprint density at radius 2 is 2.47 bits per heavy atom. The van der Waals surface area contributed by atoms with E-state index in [-0.39, 0.29) is 0 Å². The molecule has 82 valence electrons. The van der Waals surface area contributed by atoms with Crippen LogP contribution in [-0.4, -0.2) is 25.2 Å². The highest BCUT2D eigenvalue weighted by Crippen LogP contribution is 2.40. The summed E-state index contributed by atoms with van der Waals surface area (Å²) in [6.45, 7) is 0. The van der Waals surface area contributed by atoms with Crippen LogP contribution in [0.25, 0.3) is 4.91 Å². The molecule has 1 aromatic rings. The molecule has 0 fully saturated rings. The van der Waals surface area contributed by atoms with Crippen LogP contribution in [0.4, 0.5) is 0 Å². The number of hydrogen-bond donors (Lipinski definition) is 1. The first-order valence-corrected chi connectivity index (χ1v) is 6.76. The van der Waals surface area contributed by atoms with Crippen LogP contribution in [0.2, 0.25) is 0 Å². The third-order valence-corrected chi connectivity index (χ3v) is 5.66. The van der Waals surface area contributed by atoms with Gasteiger partial charge in [-0.2, -0.15) is 0 Å². The summed E-state index contributed by atoms with van der Waals surface area (Å²) in [7, 11) is -1.80. The fourth-order valence-corrected chi connectivity index (χ4v) is 3.88. The minimum absolute atomic E-state index is 0.464. The molecular formula is C8H10N2O3S2. The third-order valence-electron chi connectivity index (χ3n) is 2.07. The summed E-state index contributed by atoms with van der Waals surface area (Å²) in [6.07, 6.45) is 3.83. The van der Waals surface area contributed by atoms with E-state index in [1.165, 1.54) is 25.1 Å². The molecule has 1 aliphatic heterocycles. The Balaban J connectivity index is 2.13. The molecule has 1 atom stereocenters. The summed E-state index contributed by atoms with van der Waals surface area (Å²) in [6, 6.07) is 1.72. The molecule has 1 N–H and O–H groups in total. The molecule has 0 aliphatic carbocycles. The van der Waals surface area contributed by atoms with Gasteiger partial charge in [0.05, 0.1) is 0 Å². The van der Waals surface area contributed by atoms with Crippen molar-refractivity contribution >= 4 is 26.7 Å². The van der Waals surface area contributed by atoms with E-state index in [1.807, 2.05) is 6.08 Å². The average Bonchev–Trinajstić information content (AvgIpc) is 2.88. The molecular weight excluding hydrogens is 236 g/mol. The molecule has 0 saturated heterocycles. The van der Waals surface area contributed by atoms with Crippen LogP contribution in [0, 0.1) is 0 Å². The molecule has 0 bridgehead atoms. The quantitative estimate of drug-likeness (QED) is 0.862. The highest BCUT2D eigenvalue weighted by Gasteiger charge is 2.30. The van der Waals surface area contributed by atoms with Crippen molar-refractivity contribution in [3.05, 3.63) is 24.1 Å². The first kappa shape index (κ1) is 10.7. The maximum Gasteiger partial charge on any atom is 0.224 e. The van der Waals surface area contributed by atoms with Crippen molar-refractivity contribution in [1.82, 2.24) is 9.88 Å². The van der Waals surface area contributed by atoms with Crippen molar-refractivity contribution in [2.45, 2.75) is 11.0 Å². The molecule has 1 aliphatic rings. The van der Waals surface area contributed by atoms with E-state index < -0.39 is 14.6 Å². The minimum atomic E-state index is -3.22. The van der Waals surface area contributed by atoms with Gasteiger partial charge in [-0.1, -0.05) is 11.2 Å². The van der Waals surface area contributed by atoms with Crippen molar-refractivity contribution in [1.29, 1.82) is 0 Å². The average molecular weight is 246 g/mol. The summed E-state index contributed by atoms with van der Waals surface area (Å²) in [4.78, 5) is 0.854. The van der Waals surface area contributed by atoms with E-state index in [2.05, 4.69) is 9.88 Å². The van der Waals surface area contributed by atoms with E-state index >= 15 is 0 Å². The molecule has 1 aromatic heterocycles. The van der Waals surface area contributed by atoms with Gasteiger partial charge in [0.2, 0.25) is 10.0 Å². The lowest BCUT2D eigenvalue weighted by Gasteiger charge is -2.08. The van der Waals surface area contributed by atoms with Gasteiger partial charge in [0.1, 0.15) is 16.5 Å². The van der Waals surface area contributed by atoms with Crippen LogP contribution in [-0.2, 0) is 10.0 Å². The molecule has 0 saturated carbocycles. The van der Waals surface area contributed by atoms with Gasteiger partial charge in [-0.05, 0) is 13.5 Å². The Labute approximate surface area is 92.0 Å². The Hall–Kier alpha value is -0.790. The van der Waals surface area contributed by atoms with Gasteiger partial charge in [-0.15, -0.1) is 11.8 Å². The SMILES string of the molecule is CNS(=O)(=O)C1CC=C(c2ccon2)S1. The maximum absolute atomic E-state index is 11.5. The lowest BCUT2D eigenvalue weighted by Crippen LogP contribution is -2.27. The van der Waals surface area contributed by atoms with E-state index in [1.54, 1.807) is 6.07 Å². The zero-order valence-corrected chi connectivity index (χ0v) is 9.64. The van der Waals surface area contributed by atoms with Crippen molar-refractivity contribution in [2.75, 3.05) is 7.05 Å². The molecule has 0 radical (unpaired) electrons. The molecule has 15 heavy (non-hydrogen) atoms. The number of rotatable bonds is 3. The van der Waals surface area contributed by atoms with Gasteiger partial charge in [0.25, 0.3) is 0 Å². The normalized spacial score (nSPS) is 21.7. The lowest BCUT2D eigenvalue weighted by molar-refractivity contribution is 0.418. The summed E-state index contributed by atoms with van der Waals surface area (Å²) >= 11 is 1.29. The molecule has 0 spiro atoms. The van der Waals surface area contributed by atoms with Crippen LogP contribution in [0.3, 0.4) is 0 Å². The second-order valence-corrected chi connectivity index (χ2v) is 6.60. The Morgan fingerprint density at radius 1 is 1.67 bits per heavy atom. The third kappa shape index (κ3) is 2.09. The number of allylic oxidation sites excluding steroid dienone is 1. The van der Waals surface area contributed by atoms with Crippen molar-refractivity contribution in [3.63, 3.8) is 0 Å². The van der Waals surface area contributed by atoms with Crippen LogP contribution < -0.4 is 4.72 Å². The van der Waals surface area contributed by atoms with Gasteiger partial charge in [0.15, 0.2) is 0 Å². The van der Waals surface area contributed by atoms with Gasteiger partial charge in [-0.3, -0.25) is 0 Å². The standard InChI is InChI=1S/C8H10N2O3S2/c1-9-15(11,12)8-3-2-7(14-8)6-4-5-13-10-6/h2,4-5,8-9H,3H2,1H3. The number of nitrogens with zero attached hydrogens (tertiary/aromatic N) is 1. The fourth-order valence-electron chi connectivity index (χ4n) is 1.27. The molecule has 0 aromatic carbocycles. The monoisotopic (exact) mass is 246 g/mol. The van der Waals surface area contributed by atoms with E-state index in [0.29, 0.717) is 12.1 Å². The number of aromatic nitrogens is 1. The zero-order valence-electron chi connectivity index (χ0n) is 8.00. The Morgan fingerprint density at radius 3 is 3.07 bits per heavy atom. The Bertz CT molecular complexity index is 464. The zero-order chi connectivity index (χ0) is 10.9. The number of sulfonamides is 1. The first-order chi connectivity index (χ1) is 7.13. The predicted octanol–water partition coefficient (Wildman–Crippen LogP) is 1.03. The van der Waals surface area contributed by atoms with Crippen LogP contribution >= 0.6 is 11.8 Å². The highest BCUT2D eigenvalue weighted by molar-refractivity contribution is 8.18. The molecule has 2 heterocycles. The number of thioether (sulfide) groups is 1. The minimum Gasteiger partial charge on any atom is -0.364 e. The topological polar surface area (TPSA) is 72.2 Å². The van der Waals surface area contributed by atoms with Gasteiger partial charge >= 0.3 is 0 Å². The summed E-state index contributed by atoms with van der Waals surface area (Å²) in [5.74, 6) is 0. The van der Waals surface area contributed by atoms with Gasteiger partial charge in [-0.25, -0.2) is 13.1 Å². The summed E-state index contributed by atoms with van der Waals surface area (Å²) in [5, 5.41) is 3.76. The molecule has 5 nitrogen and oxygen atoms in total. The maximum atomic E-state index is 11.5. The van der Waals surface area contributed by atoms with Crippen molar-refractivity contribution in [2.24, 2.45) is 0 Å². The van der Waals surface area contributed by atoms with Crippen molar-refractivity contribution < 1.29 is 12.9 Å². The smallest absolute Gasteiger partial charge is 0.224 e. The number of nitrogens with one attached hydrogen (secondary N) is 1. The van der Waals surface area contributed by atoms with Crippen molar-refractivity contribution in [3.8, 4) is 0 Å². The summed E-state index contributed by atoms with van der Waals surface area (Å²) in [5.41, 5.74) is 0.689. The van der Waals surface area contributed by atoms with Gasteiger partial charge < -0.3 is 4.52 Å². The van der Waals surface area contributed by atoms with E-state index in [9.17, 15) is 8.42 Å². The first-order valence-electron chi connectivity index (χ1n) is 4.33. The van der Waals surface area contributed by atoms with E-state index in [4.69, 9.17) is 4.52 Å². The van der Waals surface area contributed by atoms with Crippen LogP contribution in [0.5, 0.6) is 0 Å². The van der Waals surface area contributed by atoms with Gasteiger partial charge in [0, 0.05) is 11.0 Å².